The molecule has 0 atom stereocenters. The Labute approximate surface area is 133 Å². The molecular weight excluding hydrogens is 290 g/mol. The first-order valence-corrected chi connectivity index (χ1v) is 7.32. The van der Waals surface area contributed by atoms with E-state index in [0.717, 1.165) is 11.1 Å². The first-order chi connectivity index (χ1) is 11.1. The molecule has 2 N–H and O–H groups in total. The van der Waals surface area contributed by atoms with Gasteiger partial charge in [-0.2, -0.15) is 0 Å². The molecular formula is C18H17N3O2. The maximum Gasteiger partial charge on any atom is 0.331 e. The van der Waals surface area contributed by atoms with Gasteiger partial charge >= 0.3 is 5.69 Å². The zero-order valence-corrected chi connectivity index (χ0v) is 12.6. The molecule has 1 aromatic heterocycles. The Morgan fingerprint density at radius 1 is 0.783 bits per heavy atom. The molecule has 0 spiro atoms. The number of hydrogen-bond donors (Lipinski definition) is 1. The molecule has 3 rings (SSSR count). The average molecular weight is 307 g/mol. The van der Waals surface area contributed by atoms with Gasteiger partial charge in [0, 0.05) is 18.0 Å². The fraction of sp³-hybridized carbons (Fsp3) is 0.111. The first kappa shape index (κ1) is 14.8. The van der Waals surface area contributed by atoms with Crippen LogP contribution in [0.4, 0.5) is 5.69 Å². The second-order valence-electron chi connectivity index (χ2n) is 5.38. The van der Waals surface area contributed by atoms with E-state index in [1.54, 1.807) is 12.1 Å². The topological polar surface area (TPSA) is 70.0 Å². The molecule has 0 bridgehead atoms. The zero-order chi connectivity index (χ0) is 16.2. The van der Waals surface area contributed by atoms with Crippen molar-refractivity contribution in [2.75, 3.05) is 5.73 Å². The van der Waals surface area contributed by atoms with E-state index in [9.17, 15) is 9.59 Å². The summed E-state index contributed by atoms with van der Waals surface area (Å²) < 4.78 is 2.77. The molecule has 0 saturated heterocycles. The number of rotatable bonds is 4. The highest BCUT2D eigenvalue weighted by atomic mass is 16.2. The van der Waals surface area contributed by atoms with Gasteiger partial charge in [0.2, 0.25) is 0 Å². The Hall–Kier alpha value is -3.08. The molecule has 2 aromatic carbocycles. The van der Waals surface area contributed by atoms with Gasteiger partial charge in [-0.15, -0.1) is 0 Å². The molecule has 0 amide bonds. The van der Waals surface area contributed by atoms with Crippen LogP contribution in [0.15, 0.2) is 76.4 Å². The molecule has 23 heavy (non-hydrogen) atoms. The van der Waals surface area contributed by atoms with E-state index in [-0.39, 0.29) is 17.8 Å². The summed E-state index contributed by atoms with van der Waals surface area (Å²) in [6.45, 7) is 0.662. The van der Waals surface area contributed by atoms with Crippen LogP contribution in [-0.2, 0) is 13.1 Å². The molecule has 5 nitrogen and oxygen atoms in total. The summed E-state index contributed by atoms with van der Waals surface area (Å²) >= 11 is 0. The van der Waals surface area contributed by atoms with Crippen molar-refractivity contribution in [2.45, 2.75) is 13.1 Å². The van der Waals surface area contributed by atoms with Crippen LogP contribution >= 0.6 is 0 Å². The fourth-order valence-corrected chi connectivity index (χ4v) is 2.41. The van der Waals surface area contributed by atoms with Crippen LogP contribution in [0.1, 0.15) is 11.1 Å². The smallest absolute Gasteiger partial charge is 0.331 e. The van der Waals surface area contributed by atoms with E-state index in [4.69, 9.17) is 5.73 Å². The number of aromatic nitrogens is 2. The Kier molecular flexibility index (Phi) is 4.10. The minimum Gasteiger partial charge on any atom is -0.399 e. The predicted octanol–water partition coefficient (Wildman–Crippen LogP) is 1.69. The number of nitrogens with two attached hydrogens (primary N) is 1. The molecule has 0 aliphatic heterocycles. The number of anilines is 1. The van der Waals surface area contributed by atoms with Gasteiger partial charge in [-0.05, 0) is 23.3 Å². The maximum absolute atomic E-state index is 12.6. The SMILES string of the molecule is Nc1ccc(Cn2ccc(=O)n(Cc3ccccc3)c2=O)cc1. The number of benzene rings is 2. The molecule has 116 valence electrons. The van der Waals surface area contributed by atoms with E-state index >= 15 is 0 Å². The minimum atomic E-state index is -0.321. The lowest BCUT2D eigenvalue weighted by atomic mass is 10.2. The van der Waals surface area contributed by atoms with Crippen molar-refractivity contribution in [1.29, 1.82) is 0 Å². The second kappa shape index (κ2) is 6.36. The lowest BCUT2D eigenvalue weighted by Gasteiger charge is -2.10. The molecule has 0 unspecified atom stereocenters. The Balaban J connectivity index is 1.94. The first-order valence-electron chi connectivity index (χ1n) is 7.32. The fourth-order valence-electron chi connectivity index (χ4n) is 2.41. The van der Waals surface area contributed by atoms with Crippen molar-refractivity contribution >= 4 is 5.69 Å². The Morgan fingerprint density at radius 2 is 1.43 bits per heavy atom. The summed E-state index contributed by atoms with van der Waals surface area (Å²) in [5, 5.41) is 0. The number of hydrogen-bond acceptors (Lipinski definition) is 3. The van der Waals surface area contributed by atoms with Gasteiger partial charge in [0.15, 0.2) is 0 Å². The van der Waals surface area contributed by atoms with Gasteiger partial charge in [0.25, 0.3) is 5.56 Å². The number of nitrogens with zero attached hydrogens (tertiary/aromatic N) is 2. The summed E-state index contributed by atoms with van der Waals surface area (Å²) in [5.74, 6) is 0. The summed E-state index contributed by atoms with van der Waals surface area (Å²) in [7, 11) is 0. The van der Waals surface area contributed by atoms with Crippen molar-refractivity contribution < 1.29 is 0 Å². The third-order valence-electron chi connectivity index (χ3n) is 3.66. The molecule has 0 saturated carbocycles. The highest BCUT2D eigenvalue weighted by Gasteiger charge is 2.06. The van der Waals surface area contributed by atoms with Gasteiger partial charge in [-0.3, -0.25) is 13.9 Å². The standard InChI is InChI=1S/C18H17N3O2/c19-16-8-6-15(7-9-16)12-20-11-10-17(22)21(18(20)23)13-14-4-2-1-3-5-14/h1-11H,12-13,19H2. The van der Waals surface area contributed by atoms with Crippen molar-refractivity contribution in [1.82, 2.24) is 9.13 Å². The van der Waals surface area contributed by atoms with E-state index in [1.165, 1.54) is 21.4 Å². The van der Waals surface area contributed by atoms with Crippen molar-refractivity contribution in [2.24, 2.45) is 0 Å². The van der Waals surface area contributed by atoms with Crippen molar-refractivity contribution in [3.63, 3.8) is 0 Å². The van der Waals surface area contributed by atoms with Crippen LogP contribution in [-0.4, -0.2) is 9.13 Å². The Bertz CT molecular complexity index is 909. The van der Waals surface area contributed by atoms with Gasteiger partial charge in [0.05, 0.1) is 13.1 Å². The summed E-state index contributed by atoms with van der Waals surface area (Å²) in [6.07, 6.45) is 1.53. The van der Waals surface area contributed by atoms with Crippen molar-refractivity contribution in [3.8, 4) is 0 Å². The summed E-state index contributed by atoms with van der Waals surface area (Å²) in [4.78, 5) is 24.6. The highest BCUT2D eigenvalue weighted by molar-refractivity contribution is 5.39. The highest BCUT2D eigenvalue weighted by Crippen LogP contribution is 2.06. The molecule has 0 fully saturated rings. The molecule has 5 heteroatoms. The lowest BCUT2D eigenvalue weighted by molar-refractivity contribution is 0.612. The molecule has 3 aromatic rings. The van der Waals surface area contributed by atoms with Crippen LogP contribution in [0, 0.1) is 0 Å². The van der Waals surface area contributed by atoms with E-state index in [2.05, 4.69) is 0 Å². The largest absolute Gasteiger partial charge is 0.399 e. The molecule has 0 radical (unpaired) electrons. The predicted molar refractivity (Wildman–Crippen MR) is 90.5 cm³/mol. The molecule has 0 aliphatic carbocycles. The van der Waals surface area contributed by atoms with Crippen LogP contribution < -0.4 is 17.0 Å². The third kappa shape index (κ3) is 3.40. The van der Waals surface area contributed by atoms with Gasteiger partial charge in [-0.25, -0.2) is 4.79 Å². The normalized spacial score (nSPS) is 10.6. The van der Waals surface area contributed by atoms with E-state index in [0.29, 0.717) is 12.2 Å². The van der Waals surface area contributed by atoms with Crippen LogP contribution in [0.5, 0.6) is 0 Å². The molecule has 0 aliphatic rings. The maximum atomic E-state index is 12.6. The van der Waals surface area contributed by atoms with E-state index < -0.39 is 0 Å². The monoisotopic (exact) mass is 307 g/mol. The van der Waals surface area contributed by atoms with Crippen LogP contribution in [0.2, 0.25) is 0 Å². The van der Waals surface area contributed by atoms with Crippen LogP contribution in [0.3, 0.4) is 0 Å². The summed E-state index contributed by atoms with van der Waals surface area (Å²) in [6, 6.07) is 18.2. The van der Waals surface area contributed by atoms with Gasteiger partial charge in [-0.1, -0.05) is 42.5 Å². The quantitative estimate of drug-likeness (QED) is 0.746. The zero-order valence-electron chi connectivity index (χ0n) is 12.6. The minimum absolute atomic E-state index is 0.265. The van der Waals surface area contributed by atoms with Crippen molar-refractivity contribution in [3.05, 3.63) is 98.8 Å². The average Bonchev–Trinajstić information content (AvgIpc) is 2.57. The summed E-state index contributed by atoms with van der Waals surface area (Å²) in [5.41, 5.74) is 7.59. The van der Waals surface area contributed by atoms with E-state index in [1.807, 2.05) is 42.5 Å². The van der Waals surface area contributed by atoms with Gasteiger partial charge < -0.3 is 5.73 Å². The molecule has 1 heterocycles. The third-order valence-corrected chi connectivity index (χ3v) is 3.66. The number of nitrogen functional groups attached to an aromatic ring is 1. The van der Waals surface area contributed by atoms with Gasteiger partial charge in [0.1, 0.15) is 0 Å². The Morgan fingerprint density at radius 3 is 2.13 bits per heavy atom. The lowest BCUT2D eigenvalue weighted by Crippen LogP contribution is -2.39. The second-order valence-corrected chi connectivity index (χ2v) is 5.38. The van der Waals surface area contributed by atoms with Crippen LogP contribution in [0.25, 0.3) is 0 Å².